The highest BCUT2D eigenvalue weighted by Crippen LogP contribution is 2.28. The first-order valence-electron chi connectivity index (χ1n) is 8.67. The van der Waals surface area contributed by atoms with Crippen LogP contribution in [0.3, 0.4) is 0 Å². The van der Waals surface area contributed by atoms with Crippen molar-refractivity contribution >= 4 is 43.8 Å². The molecule has 0 radical (unpaired) electrons. The minimum absolute atomic E-state index is 0.00281. The molecule has 31 heavy (non-hydrogen) atoms. The predicted molar refractivity (Wildman–Crippen MR) is 116 cm³/mol. The lowest BCUT2D eigenvalue weighted by Crippen LogP contribution is -2.37. The van der Waals surface area contributed by atoms with Crippen molar-refractivity contribution in [3.05, 3.63) is 58.6 Å². The number of carbonyl (C=O) groups excluding carboxylic acids is 1. The van der Waals surface area contributed by atoms with Gasteiger partial charge in [0.1, 0.15) is 17.3 Å². The second-order valence-electron chi connectivity index (χ2n) is 6.24. The quantitative estimate of drug-likeness (QED) is 0.396. The van der Waals surface area contributed by atoms with E-state index in [0.29, 0.717) is 10.8 Å². The Kier molecular flexibility index (Phi) is 6.46. The van der Waals surface area contributed by atoms with Gasteiger partial charge in [-0.05, 0) is 30.3 Å². The first-order chi connectivity index (χ1) is 14.7. The average Bonchev–Trinajstić information content (AvgIpc) is 3.19. The number of benzene rings is 2. The van der Waals surface area contributed by atoms with Crippen LogP contribution in [0.5, 0.6) is 5.75 Å². The van der Waals surface area contributed by atoms with E-state index < -0.39 is 27.4 Å². The molecule has 1 amide bonds. The molecule has 1 heterocycles. The van der Waals surface area contributed by atoms with E-state index in [4.69, 9.17) is 4.74 Å². The maximum absolute atomic E-state index is 12.5. The average molecular weight is 463 g/mol. The Morgan fingerprint density at radius 1 is 1.23 bits per heavy atom. The van der Waals surface area contributed by atoms with Gasteiger partial charge in [0.25, 0.3) is 5.69 Å². The van der Waals surface area contributed by atoms with Gasteiger partial charge in [0, 0.05) is 17.7 Å². The van der Waals surface area contributed by atoms with Crippen molar-refractivity contribution in [1.29, 1.82) is 0 Å². The Labute approximate surface area is 181 Å². The topological polar surface area (TPSA) is 145 Å². The van der Waals surface area contributed by atoms with Crippen LogP contribution in [0.1, 0.15) is 0 Å². The molecule has 0 bridgehead atoms. The van der Waals surface area contributed by atoms with E-state index in [1.54, 1.807) is 31.4 Å². The summed E-state index contributed by atoms with van der Waals surface area (Å²) in [7, 11) is -2.33. The van der Waals surface area contributed by atoms with Gasteiger partial charge in [0.15, 0.2) is 0 Å². The predicted octanol–water partition coefficient (Wildman–Crippen LogP) is 2.53. The zero-order chi connectivity index (χ0) is 22.6. The van der Waals surface area contributed by atoms with Crippen molar-refractivity contribution in [3.8, 4) is 16.3 Å². The third-order valence-electron chi connectivity index (χ3n) is 4.02. The number of hydrogen-bond donors (Lipinski definition) is 1. The zero-order valence-corrected chi connectivity index (χ0v) is 18.0. The molecular formula is C18H17N5O6S2. The lowest BCUT2D eigenvalue weighted by Gasteiger charge is -2.21. The molecule has 2 aromatic carbocycles. The maximum Gasteiger partial charge on any atom is 0.271 e. The van der Waals surface area contributed by atoms with Crippen LogP contribution in [0, 0.1) is 10.1 Å². The highest BCUT2D eigenvalue weighted by Gasteiger charge is 2.23. The fraction of sp³-hybridized carbons (Fsp3) is 0.167. The van der Waals surface area contributed by atoms with E-state index in [1.165, 1.54) is 18.2 Å². The molecule has 3 rings (SSSR count). The standard InChI is InChI=1S/C18H17N5O6S2/c1-29-15-8-6-12(7-9-15)17-20-21-18(30-17)19-16(24)11-22(31(2,27)28)13-4-3-5-14(10-13)23(25)26/h3-10H,11H2,1-2H3,(H,19,21,24). The molecule has 0 aliphatic carbocycles. The summed E-state index contributed by atoms with van der Waals surface area (Å²) in [5, 5.41) is 22.1. The summed E-state index contributed by atoms with van der Waals surface area (Å²) in [5.74, 6) is 0.0122. The Hall–Kier alpha value is -3.58. The van der Waals surface area contributed by atoms with Gasteiger partial charge in [-0.3, -0.25) is 24.5 Å². The zero-order valence-electron chi connectivity index (χ0n) is 16.4. The monoisotopic (exact) mass is 463 g/mol. The van der Waals surface area contributed by atoms with Crippen LogP contribution in [0.25, 0.3) is 10.6 Å². The number of anilines is 2. The van der Waals surface area contributed by atoms with E-state index in [1.807, 2.05) is 0 Å². The maximum atomic E-state index is 12.5. The number of sulfonamides is 1. The third-order valence-corrected chi connectivity index (χ3v) is 6.05. The Morgan fingerprint density at radius 3 is 2.55 bits per heavy atom. The van der Waals surface area contributed by atoms with Crippen molar-refractivity contribution in [2.45, 2.75) is 0 Å². The number of ether oxygens (including phenoxy) is 1. The number of nitro benzene ring substituents is 1. The van der Waals surface area contributed by atoms with Crippen molar-refractivity contribution < 1.29 is 22.9 Å². The minimum Gasteiger partial charge on any atom is -0.497 e. The van der Waals surface area contributed by atoms with Gasteiger partial charge < -0.3 is 4.74 Å². The minimum atomic E-state index is -3.89. The number of methoxy groups -OCH3 is 1. The fourth-order valence-electron chi connectivity index (χ4n) is 2.57. The molecular weight excluding hydrogens is 446 g/mol. The van der Waals surface area contributed by atoms with Gasteiger partial charge in [-0.1, -0.05) is 17.4 Å². The third kappa shape index (κ3) is 5.52. The normalized spacial score (nSPS) is 11.0. The van der Waals surface area contributed by atoms with E-state index in [9.17, 15) is 23.3 Å². The second-order valence-corrected chi connectivity index (χ2v) is 9.12. The van der Waals surface area contributed by atoms with Crippen molar-refractivity contribution in [1.82, 2.24) is 10.2 Å². The summed E-state index contributed by atoms with van der Waals surface area (Å²) in [4.78, 5) is 22.8. The molecule has 11 nitrogen and oxygen atoms in total. The van der Waals surface area contributed by atoms with Gasteiger partial charge in [0.05, 0.1) is 24.0 Å². The molecule has 0 unspecified atom stereocenters. The van der Waals surface area contributed by atoms with Gasteiger partial charge in [0.2, 0.25) is 21.1 Å². The molecule has 3 aromatic rings. The number of nitro groups is 1. The molecule has 1 aromatic heterocycles. The molecule has 0 aliphatic heterocycles. The van der Waals surface area contributed by atoms with Gasteiger partial charge >= 0.3 is 0 Å². The van der Waals surface area contributed by atoms with Gasteiger partial charge in [-0.25, -0.2) is 8.42 Å². The Bertz CT molecular complexity index is 1210. The van der Waals surface area contributed by atoms with Crippen LogP contribution in [0.2, 0.25) is 0 Å². The summed E-state index contributed by atoms with van der Waals surface area (Å²) >= 11 is 1.11. The Balaban J connectivity index is 1.75. The van der Waals surface area contributed by atoms with Crippen LogP contribution < -0.4 is 14.4 Å². The number of hydrogen-bond acceptors (Lipinski definition) is 9. The lowest BCUT2D eigenvalue weighted by atomic mass is 10.2. The Morgan fingerprint density at radius 2 is 1.94 bits per heavy atom. The number of nitrogens with zero attached hydrogens (tertiary/aromatic N) is 4. The van der Waals surface area contributed by atoms with Crippen LogP contribution in [-0.2, 0) is 14.8 Å². The number of carbonyl (C=O) groups is 1. The van der Waals surface area contributed by atoms with Crippen molar-refractivity contribution in [2.75, 3.05) is 29.5 Å². The van der Waals surface area contributed by atoms with E-state index in [-0.39, 0.29) is 16.5 Å². The highest BCUT2D eigenvalue weighted by atomic mass is 32.2. The van der Waals surface area contributed by atoms with Crippen LogP contribution in [0.4, 0.5) is 16.5 Å². The molecule has 0 aliphatic rings. The van der Waals surface area contributed by atoms with Crippen LogP contribution in [0.15, 0.2) is 48.5 Å². The first-order valence-corrected chi connectivity index (χ1v) is 11.3. The number of nitrogens with one attached hydrogen (secondary N) is 1. The second kappa shape index (κ2) is 9.06. The number of rotatable bonds is 8. The highest BCUT2D eigenvalue weighted by molar-refractivity contribution is 7.92. The smallest absolute Gasteiger partial charge is 0.271 e. The van der Waals surface area contributed by atoms with Crippen molar-refractivity contribution in [2.24, 2.45) is 0 Å². The number of aromatic nitrogens is 2. The summed E-state index contributed by atoms with van der Waals surface area (Å²) < 4.78 is 30.2. The molecule has 0 spiro atoms. The van der Waals surface area contributed by atoms with E-state index in [0.717, 1.165) is 33.5 Å². The summed E-state index contributed by atoms with van der Waals surface area (Å²) in [5.41, 5.74) is 0.482. The molecule has 1 N–H and O–H groups in total. The molecule has 0 fully saturated rings. The summed E-state index contributed by atoms with van der Waals surface area (Å²) in [6.07, 6.45) is 0.909. The largest absolute Gasteiger partial charge is 0.497 e. The molecule has 0 saturated carbocycles. The first kappa shape index (κ1) is 22.1. The number of amides is 1. The van der Waals surface area contributed by atoms with E-state index >= 15 is 0 Å². The van der Waals surface area contributed by atoms with E-state index in [2.05, 4.69) is 15.5 Å². The van der Waals surface area contributed by atoms with Crippen LogP contribution in [-0.4, -0.2) is 49.4 Å². The van der Waals surface area contributed by atoms with Crippen molar-refractivity contribution in [3.63, 3.8) is 0 Å². The molecule has 13 heteroatoms. The SMILES string of the molecule is COc1ccc(-c2nnc(NC(=O)CN(c3cccc([N+](=O)[O-])c3)S(C)(=O)=O)s2)cc1. The number of non-ortho nitro benzene ring substituents is 1. The van der Waals surface area contributed by atoms with Gasteiger partial charge in [-0.15, -0.1) is 10.2 Å². The fourth-order valence-corrected chi connectivity index (χ4v) is 4.19. The van der Waals surface area contributed by atoms with Crippen LogP contribution >= 0.6 is 11.3 Å². The van der Waals surface area contributed by atoms with Gasteiger partial charge in [-0.2, -0.15) is 0 Å². The molecule has 0 atom stereocenters. The summed E-state index contributed by atoms with van der Waals surface area (Å²) in [6.45, 7) is -0.586. The molecule has 162 valence electrons. The summed E-state index contributed by atoms with van der Waals surface area (Å²) in [6, 6.07) is 12.1. The lowest BCUT2D eigenvalue weighted by molar-refractivity contribution is -0.384. The molecule has 0 saturated heterocycles.